The third-order valence-electron chi connectivity index (χ3n) is 3.52. The summed E-state index contributed by atoms with van der Waals surface area (Å²) < 4.78 is 66.4. The summed E-state index contributed by atoms with van der Waals surface area (Å²) in [5.74, 6) is 0. The molecule has 0 saturated carbocycles. The van der Waals surface area contributed by atoms with Gasteiger partial charge in [0.05, 0.1) is 10.5 Å². The molecule has 0 heterocycles. The average Bonchev–Trinajstić information content (AvgIpc) is 2.53. The van der Waals surface area contributed by atoms with E-state index in [4.69, 9.17) is 5.39 Å². The fraction of sp³-hybridized carbons (Fsp3) is 0.600. The maximum absolute atomic E-state index is 13.3. The molecule has 0 N–H and O–H groups in total. The number of hydrogen-bond acceptors (Lipinski definition) is 3. The number of rotatable bonds is 8. The predicted octanol–water partition coefficient (Wildman–Crippen LogP) is 4.78. The molecule has 0 aromatic heterocycles. The van der Waals surface area contributed by atoms with E-state index in [0.717, 1.165) is 29.3 Å². The number of hydrogen-bond donors (Lipinski definition) is 0. The molecule has 0 unspecified atom stereocenters. The summed E-state index contributed by atoms with van der Waals surface area (Å²) in [6.07, 6.45) is -2.29. The molecule has 0 aliphatic heterocycles. The van der Waals surface area contributed by atoms with Crippen LogP contribution in [0.5, 0.6) is 0 Å². The van der Waals surface area contributed by atoms with Gasteiger partial charge >= 0.3 is 11.9 Å². The highest BCUT2D eigenvalue weighted by molar-refractivity contribution is 7.89. The van der Waals surface area contributed by atoms with Gasteiger partial charge in [-0.1, -0.05) is 26.7 Å². The summed E-state index contributed by atoms with van der Waals surface area (Å²) in [7, 11) is -4.29. The molecule has 1 aromatic rings. The largest absolute Gasteiger partial charge is 0.418 e. The van der Waals surface area contributed by atoms with Crippen molar-refractivity contribution < 1.29 is 21.6 Å². The average molecular weight is 364 g/mol. The first kappa shape index (κ1) is 20.4. The topological polar surface area (TPSA) is 65.5 Å². The van der Waals surface area contributed by atoms with Crippen molar-refractivity contribution in [3.05, 3.63) is 28.7 Å². The van der Waals surface area contributed by atoms with Crippen molar-refractivity contribution in [3.8, 4) is 0 Å². The van der Waals surface area contributed by atoms with Crippen LogP contribution in [0.3, 0.4) is 0 Å². The number of alkyl halides is 3. The lowest BCUT2D eigenvalue weighted by molar-refractivity contribution is -0.139. The zero-order chi connectivity index (χ0) is 18.4. The van der Waals surface area contributed by atoms with Crippen LogP contribution in [0, 0.1) is 5.39 Å². The lowest BCUT2D eigenvalue weighted by atomic mass is 10.2. The van der Waals surface area contributed by atoms with Crippen molar-refractivity contribution in [2.75, 3.05) is 13.1 Å². The number of unbranched alkanes of at least 4 members (excludes halogenated alkanes) is 2. The second-order valence-electron chi connectivity index (χ2n) is 5.39. The first-order valence-electron chi connectivity index (χ1n) is 7.75. The number of benzene rings is 1. The summed E-state index contributed by atoms with van der Waals surface area (Å²) in [4.78, 5) is 1.89. The standard InChI is InChI=1S/C15H21F3N3O2S/c1-3-5-9-21(10-6-4-2)24(22,23)14-8-7-12(20-19)11-13(14)15(16,17)18/h7-8,11H,3-6,9-10H2,1-2H3/q+1. The normalized spacial score (nSPS) is 12.4. The fourth-order valence-corrected chi connectivity index (χ4v) is 3.90. The van der Waals surface area contributed by atoms with Gasteiger partial charge in [0.15, 0.2) is 4.98 Å². The first-order valence-corrected chi connectivity index (χ1v) is 9.19. The minimum Gasteiger partial charge on any atom is -0.207 e. The maximum Gasteiger partial charge on any atom is 0.418 e. The van der Waals surface area contributed by atoms with Crippen LogP contribution >= 0.6 is 0 Å². The zero-order valence-corrected chi connectivity index (χ0v) is 14.5. The molecule has 0 spiro atoms. The Morgan fingerprint density at radius 3 is 2.08 bits per heavy atom. The van der Waals surface area contributed by atoms with Gasteiger partial charge in [0, 0.05) is 25.2 Å². The Bertz CT molecular complexity index is 689. The van der Waals surface area contributed by atoms with Gasteiger partial charge in [-0.25, -0.2) is 8.42 Å². The summed E-state index contributed by atoms with van der Waals surface area (Å²) >= 11 is 0. The fourth-order valence-electron chi connectivity index (χ4n) is 2.19. The lowest BCUT2D eigenvalue weighted by Gasteiger charge is -2.23. The van der Waals surface area contributed by atoms with Crippen LogP contribution in [0.15, 0.2) is 23.1 Å². The third-order valence-corrected chi connectivity index (χ3v) is 5.48. The molecule has 5 nitrogen and oxygen atoms in total. The summed E-state index contributed by atoms with van der Waals surface area (Å²) in [5, 5.41) is 8.66. The second kappa shape index (κ2) is 8.44. The Balaban J connectivity index is 3.40. The van der Waals surface area contributed by atoms with E-state index in [0.29, 0.717) is 18.9 Å². The molecule has 0 aliphatic carbocycles. The molecular weight excluding hydrogens is 343 g/mol. The van der Waals surface area contributed by atoms with Gasteiger partial charge in [0.1, 0.15) is 0 Å². The molecule has 1 aromatic carbocycles. The maximum atomic E-state index is 13.3. The molecule has 9 heteroatoms. The first-order chi connectivity index (χ1) is 11.2. The summed E-state index contributed by atoms with van der Waals surface area (Å²) in [5.41, 5.74) is -1.68. The molecule has 0 bridgehead atoms. The molecule has 134 valence electrons. The van der Waals surface area contributed by atoms with E-state index in [-0.39, 0.29) is 18.8 Å². The van der Waals surface area contributed by atoms with Gasteiger partial charge in [-0.05, 0) is 18.9 Å². The van der Waals surface area contributed by atoms with Crippen LogP contribution in [0.25, 0.3) is 4.98 Å². The molecule has 0 atom stereocenters. The molecule has 0 amide bonds. The Hall–Kier alpha value is -1.66. The minimum absolute atomic E-state index is 0.169. The number of nitrogens with zero attached hydrogens (tertiary/aromatic N) is 3. The highest BCUT2D eigenvalue weighted by atomic mass is 32.2. The number of halogens is 3. The van der Waals surface area contributed by atoms with E-state index in [1.54, 1.807) is 0 Å². The smallest absolute Gasteiger partial charge is 0.207 e. The number of diazo groups is 1. The molecule has 0 saturated heterocycles. The van der Waals surface area contributed by atoms with E-state index in [1.807, 2.05) is 13.8 Å². The van der Waals surface area contributed by atoms with E-state index >= 15 is 0 Å². The van der Waals surface area contributed by atoms with E-state index in [9.17, 15) is 21.6 Å². The van der Waals surface area contributed by atoms with E-state index in [1.165, 1.54) is 0 Å². The third kappa shape index (κ3) is 4.92. The predicted molar refractivity (Wildman–Crippen MR) is 84.8 cm³/mol. The van der Waals surface area contributed by atoms with Crippen LogP contribution in [0.2, 0.25) is 0 Å². The van der Waals surface area contributed by atoms with Gasteiger partial charge in [-0.2, -0.15) is 17.5 Å². The van der Waals surface area contributed by atoms with E-state index < -0.39 is 26.7 Å². The van der Waals surface area contributed by atoms with Crippen LogP contribution < -0.4 is 0 Å². The van der Waals surface area contributed by atoms with Gasteiger partial charge in [0.25, 0.3) is 0 Å². The minimum atomic E-state index is -4.87. The van der Waals surface area contributed by atoms with Crippen LogP contribution in [0.4, 0.5) is 18.9 Å². The Morgan fingerprint density at radius 1 is 1.12 bits per heavy atom. The molecule has 0 aliphatic rings. The van der Waals surface area contributed by atoms with Gasteiger partial charge in [0.2, 0.25) is 15.4 Å². The molecule has 24 heavy (non-hydrogen) atoms. The van der Waals surface area contributed by atoms with Gasteiger partial charge in [-0.15, -0.1) is 0 Å². The Labute approximate surface area is 140 Å². The highest BCUT2D eigenvalue weighted by Crippen LogP contribution is 2.37. The van der Waals surface area contributed by atoms with Crippen LogP contribution in [0.1, 0.15) is 45.1 Å². The molecular formula is C15H21F3N3O2S+. The van der Waals surface area contributed by atoms with Crippen molar-refractivity contribution in [2.24, 2.45) is 0 Å². The van der Waals surface area contributed by atoms with Crippen molar-refractivity contribution >= 4 is 15.7 Å². The SMILES string of the molecule is CCCCN(CCCC)S(=O)(=O)c1ccc([N+]#N)cc1C(F)(F)F. The quantitative estimate of drug-likeness (QED) is 0.624. The molecule has 0 fully saturated rings. The van der Waals surface area contributed by atoms with Crippen molar-refractivity contribution in [1.82, 2.24) is 4.31 Å². The molecule has 0 radical (unpaired) electrons. The van der Waals surface area contributed by atoms with E-state index in [2.05, 4.69) is 4.98 Å². The van der Waals surface area contributed by atoms with Gasteiger partial charge < -0.3 is 0 Å². The zero-order valence-electron chi connectivity index (χ0n) is 13.7. The van der Waals surface area contributed by atoms with Crippen molar-refractivity contribution in [2.45, 2.75) is 50.6 Å². The van der Waals surface area contributed by atoms with Crippen molar-refractivity contribution in [3.63, 3.8) is 0 Å². The van der Waals surface area contributed by atoms with Crippen molar-refractivity contribution in [1.29, 1.82) is 5.39 Å². The summed E-state index contributed by atoms with van der Waals surface area (Å²) in [6.45, 7) is 4.09. The van der Waals surface area contributed by atoms with Gasteiger partial charge in [-0.3, -0.25) is 0 Å². The van der Waals surface area contributed by atoms with Crippen LogP contribution in [-0.4, -0.2) is 25.8 Å². The Morgan fingerprint density at radius 2 is 1.67 bits per heavy atom. The number of sulfonamides is 1. The monoisotopic (exact) mass is 364 g/mol. The lowest BCUT2D eigenvalue weighted by Crippen LogP contribution is -2.34. The van der Waals surface area contributed by atoms with Crippen LogP contribution in [-0.2, 0) is 16.2 Å². The molecule has 1 rings (SSSR count). The Kier molecular flexibility index (Phi) is 7.17. The summed E-state index contributed by atoms with van der Waals surface area (Å²) in [6, 6.07) is 2.42. The second-order valence-corrected chi connectivity index (χ2v) is 7.30. The highest BCUT2D eigenvalue weighted by Gasteiger charge is 2.40.